The van der Waals surface area contributed by atoms with Crippen LogP contribution in [0.4, 0.5) is 0 Å². The third kappa shape index (κ3) is 6.29. The second-order valence-electron chi connectivity index (χ2n) is 9.35. The van der Waals surface area contributed by atoms with Crippen LogP contribution in [-0.2, 0) is 32.6 Å². The molecule has 2 aromatic rings. The summed E-state index contributed by atoms with van der Waals surface area (Å²) in [5, 5.41) is 0. The minimum absolute atomic E-state index is 0. The molecule has 0 amide bonds. The number of hydrogen-bond acceptors (Lipinski definition) is 1. The normalized spacial score (nSPS) is 14.0. The van der Waals surface area contributed by atoms with E-state index in [2.05, 4.69) is 86.5 Å². The smallest absolute Gasteiger partial charge is 0.375 e. The minimum Gasteiger partial charge on any atom is -0.375 e. The fourth-order valence-corrected chi connectivity index (χ4v) is 5.90. The van der Waals surface area contributed by atoms with Gasteiger partial charge in [-0.25, -0.2) is 0 Å². The van der Waals surface area contributed by atoms with Crippen molar-refractivity contribution >= 4 is 20.0 Å². The van der Waals surface area contributed by atoms with E-state index in [-0.39, 0.29) is 27.3 Å². The molecule has 33 heavy (non-hydrogen) atoms. The number of benzene rings is 2. The van der Waals surface area contributed by atoms with E-state index in [0.29, 0.717) is 6.04 Å². The van der Waals surface area contributed by atoms with Crippen LogP contribution in [0.2, 0.25) is 6.04 Å². The number of hydrogen-bond donors (Lipinski definition) is 0. The first-order valence-corrected chi connectivity index (χ1v) is 12.9. The molecule has 170 valence electrons. The van der Waals surface area contributed by atoms with Gasteiger partial charge in [0.1, 0.15) is 0 Å². The molecule has 0 saturated carbocycles. The summed E-state index contributed by atoms with van der Waals surface area (Å²) < 4.78 is 15.2. The van der Waals surface area contributed by atoms with E-state index < -0.39 is 8.84 Å². The van der Waals surface area contributed by atoms with E-state index in [1.54, 1.807) is 6.08 Å². The monoisotopic (exact) mass is 489 g/mol. The Morgan fingerprint density at radius 1 is 1.03 bits per heavy atom. The summed E-state index contributed by atoms with van der Waals surface area (Å²) in [6.07, 6.45) is 9.78. The Hall–Kier alpha value is -2.07. The van der Waals surface area contributed by atoms with Crippen LogP contribution >= 0.6 is 0 Å². The second kappa shape index (κ2) is 11.9. The van der Waals surface area contributed by atoms with Gasteiger partial charge in [0.25, 0.3) is 0 Å². The van der Waals surface area contributed by atoms with Crippen molar-refractivity contribution in [2.24, 2.45) is 0 Å². The SMILES string of the molecule is C=CC=CC.CN([Si](=O)CC1=C2C(=CC1)c1ccccc1Cc1ccccc12)C(C)(C)C.[Ti]. The van der Waals surface area contributed by atoms with Crippen LogP contribution in [0.15, 0.2) is 85.0 Å². The van der Waals surface area contributed by atoms with Gasteiger partial charge in [-0.15, -0.1) is 0 Å². The van der Waals surface area contributed by atoms with Crippen molar-refractivity contribution in [1.29, 1.82) is 0 Å². The van der Waals surface area contributed by atoms with Gasteiger partial charge in [0.2, 0.25) is 0 Å². The molecule has 2 nitrogen and oxygen atoms in total. The van der Waals surface area contributed by atoms with Crippen molar-refractivity contribution in [1.82, 2.24) is 4.57 Å². The van der Waals surface area contributed by atoms with Crippen molar-refractivity contribution in [2.75, 3.05) is 7.05 Å². The van der Waals surface area contributed by atoms with Crippen LogP contribution in [-0.4, -0.2) is 26.0 Å². The molecule has 0 unspecified atom stereocenters. The van der Waals surface area contributed by atoms with E-state index >= 15 is 0 Å². The Morgan fingerprint density at radius 3 is 2.15 bits per heavy atom. The fraction of sp³-hybridized carbons (Fsp3) is 0.310. The van der Waals surface area contributed by atoms with Crippen LogP contribution in [0.5, 0.6) is 0 Å². The van der Waals surface area contributed by atoms with Gasteiger partial charge >= 0.3 is 8.84 Å². The Morgan fingerprint density at radius 2 is 1.61 bits per heavy atom. The molecule has 0 atom stereocenters. The van der Waals surface area contributed by atoms with Gasteiger partial charge in [0.15, 0.2) is 0 Å². The maximum absolute atomic E-state index is 13.1. The Balaban J connectivity index is 0.000000583. The molecule has 0 heterocycles. The van der Waals surface area contributed by atoms with Gasteiger partial charge in [0.05, 0.1) is 0 Å². The number of rotatable bonds is 4. The van der Waals surface area contributed by atoms with Gasteiger partial charge in [0, 0.05) is 40.3 Å². The standard InChI is InChI=1S/C24H27NOSi.C5H8.Ti/c1-24(2,3)25(4)27(26)16-19-13-14-22-20-11-7-5-9-17(20)15-18-10-6-8-12-21(18)23(19)22;1-3-5-4-2;/h5-12,14H,13,15-16H2,1-4H3;3-5H,1H2,2H3;. The number of allylic oxidation sites excluding steroid dienone is 7. The van der Waals surface area contributed by atoms with Gasteiger partial charge in [-0.3, -0.25) is 0 Å². The zero-order chi connectivity index (χ0) is 23.3. The van der Waals surface area contributed by atoms with Crippen molar-refractivity contribution in [2.45, 2.75) is 52.1 Å². The van der Waals surface area contributed by atoms with Gasteiger partial charge in [-0.1, -0.05) is 85.0 Å². The summed E-state index contributed by atoms with van der Waals surface area (Å²) in [7, 11) is 0.137. The van der Waals surface area contributed by atoms with Crippen molar-refractivity contribution < 1.29 is 26.2 Å². The number of fused-ring (bicyclic) bond motifs is 5. The molecule has 0 bridgehead atoms. The summed E-state index contributed by atoms with van der Waals surface area (Å²) in [5.41, 5.74) is 9.32. The maximum Gasteiger partial charge on any atom is 0.399 e. The molecule has 0 radical (unpaired) electrons. The topological polar surface area (TPSA) is 20.3 Å². The van der Waals surface area contributed by atoms with Crippen molar-refractivity contribution in [3.05, 3.63) is 107 Å². The molecule has 0 N–H and O–H groups in total. The van der Waals surface area contributed by atoms with Crippen LogP contribution in [0, 0.1) is 0 Å². The number of nitrogens with zero attached hydrogens (tertiary/aromatic N) is 1. The van der Waals surface area contributed by atoms with Crippen LogP contribution in [0.1, 0.15) is 56.4 Å². The summed E-state index contributed by atoms with van der Waals surface area (Å²) in [6.45, 7) is 11.8. The third-order valence-electron chi connectivity index (χ3n) is 6.22. The molecule has 0 aromatic heterocycles. The third-order valence-corrected chi connectivity index (χ3v) is 8.37. The fourth-order valence-electron chi connectivity index (χ4n) is 4.23. The molecule has 0 aliphatic heterocycles. The first-order valence-electron chi connectivity index (χ1n) is 11.4. The zero-order valence-corrected chi connectivity index (χ0v) is 23.2. The van der Waals surface area contributed by atoms with E-state index in [0.717, 1.165) is 12.8 Å². The average Bonchev–Trinajstić information content (AvgIpc) is 3.11. The molecule has 0 spiro atoms. The maximum atomic E-state index is 13.1. The van der Waals surface area contributed by atoms with Crippen LogP contribution in [0.3, 0.4) is 0 Å². The Labute approximate surface area is 216 Å². The van der Waals surface area contributed by atoms with Crippen LogP contribution in [0.25, 0.3) is 11.1 Å². The molecular weight excluding hydrogens is 454 g/mol. The Bertz CT molecular complexity index is 1100. The van der Waals surface area contributed by atoms with Crippen LogP contribution < -0.4 is 0 Å². The molecular formula is C29H35NOSiTi. The molecule has 4 heteroatoms. The molecule has 4 rings (SSSR count). The van der Waals surface area contributed by atoms with E-state index in [1.165, 1.54) is 39.0 Å². The summed E-state index contributed by atoms with van der Waals surface area (Å²) >= 11 is 0. The molecule has 2 aliphatic rings. The molecule has 2 aliphatic carbocycles. The zero-order valence-electron chi connectivity index (χ0n) is 20.6. The average molecular weight is 490 g/mol. The van der Waals surface area contributed by atoms with Gasteiger partial charge < -0.3 is 9.03 Å². The van der Waals surface area contributed by atoms with Gasteiger partial charge in [-0.05, 0) is 73.9 Å². The Kier molecular flexibility index (Phi) is 9.78. The summed E-state index contributed by atoms with van der Waals surface area (Å²) in [5.74, 6) is 0. The molecule has 0 saturated heterocycles. The first-order chi connectivity index (χ1) is 15.3. The van der Waals surface area contributed by atoms with Crippen molar-refractivity contribution in [3.63, 3.8) is 0 Å². The van der Waals surface area contributed by atoms with Gasteiger partial charge in [-0.2, -0.15) is 0 Å². The largest absolute Gasteiger partial charge is 0.399 e. The summed E-state index contributed by atoms with van der Waals surface area (Å²) in [6, 6.07) is 18.1. The molecule has 2 aromatic carbocycles. The van der Waals surface area contributed by atoms with E-state index in [1.807, 2.05) is 26.1 Å². The quantitative estimate of drug-likeness (QED) is 0.334. The first kappa shape index (κ1) is 27.2. The second-order valence-corrected chi connectivity index (χ2v) is 11.2. The van der Waals surface area contributed by atoms with Crippen molar-refractivity contribution in [3.8, 4) is 0 Å². The summed E-state index contributed by atoms with van der Waals surface area (Å²) in [4.78, 5) is 0. The van der Waals surface area contributed by atoms with E-state index in [4.69, 9.17) is 0 Å². The molecule has 0 fully saturated rings. The minimum atomic E-state index is -1.86. The predicted molar refractivity (Wildman–Crippen MR) is 139 cm³/mol. The van der Waals surface area contributed by atoms with E-state index in [9.17, 15) is 4.46 Å². The predicted octanol–water partition coefficient (Wildman–Crippen LogP) is 7.23.